The summed E-state index contributed by atoms with van der Waals surface area (Å²) in [7, 11) is 2.98. The smallest absolute Gasteiger partial charge is 0.333 e. The molecule has 0 spiro atoms. The first-order valence-corrected chi connectivity index (χ1v) is 6.92. The molecular formula is C14H16N2O3S. The third kappa shape index (κ3) is 3.08. The van der Waals surface area contributed by atoms with Gasteiger partial charge in [0, 0.05) is 11.8 Å². The van der Waals surface area contributed by atoms with Gasteiger partial charge in [0.1, 0.15) is 5.75 Å². The molecule has 1 N–H and O–H groups in total. The third-order valence-corrected chi connectivity index (χ3v) is 3.86. The number of nitrogens with one attached hydrogen (secondary N) is 1. The highest BCUT2D eigenvalue weighted by molar-refractivity contribution is 7.10. The van der Waals surface area contributed by atoms with Crippen molar-refractivity contribution in [2.75, 3.05) is 19.5 Å². The number of aryl methyl sites for hydroxylation is 1. The molecule has 1 heterocycles. The second-order valence-corrected chi connectivity index (χ2v) is 5.02. The number of carbonyl (C=O) groups excluding carboxylic acids is 1. The van der Waals surface area contributed by atoms with Gasteiger partial charge in [0.2, 0.25) is 0 Å². The van der Waals surface area contributed by atoms with Crippen LogP contribution in [0.4, 0.5) is 5.69 Å². The van der Waals surface area contributed by atoms with Gasteiger partial charge in [-0.2, -0.15) is 0 Å². The molecular weight excluding hydrogens is 276 g/mol. The van der Waals surface area contributed by atoms with Crippen molar-refractivity contribution in [1.29, 1.82) is 0 Å². The Kier molecular flexibility index (Phi) is 4.57. The van der Waals surface area contributed by atoms with Crippen LogP contribution in [0.5, 0.6) is 5.75 Å². The third-order valence-electron chi connectivity index (χ3n) is 2.86. The molecule has 0 amide bonds. The lowest BCUT2D eigenvalue weighted by molar-refractivity contribution is -0.141. The highest BCUT2D eigenvalue weighted by Crippen LogP contribution is 2.28. The van der Waals surface area contributed by atoms with E-state index in [2.05, 4.69) is 10.3 Å². The number of carbonyl (C=O) groups is 1. The first kappa shape index (κ1) is 14.3. The van der Waals surface area contributed by atoms with E-state index in [4.69, 9.17) is 9.47 Å². The monoisotopic (exact) mass is 292 g/mol. The zero-order valence-corrected chi connectivity index (χ0v) is 12.4. The minimum absolute atomic E-state index is 0.347. The van der Waals surface area contributed by atoms with E-state index in [0.29, 0.717) is 0 Å². The molecule has 0 radical (unpaired) electrons. The fourth-order valence-electron chi connectivity index (χ4n) is 1.82. The topological polar surface area (TPSA) is 60.5 Å². The van der Waals surface area contributed by atoms with Crippen molar-refractivity contribution in [3.63, 3.8) is 0 Å². The van der Waals surface area contributed by atoms with E-state index in [-0.39, 0.29) is 5.97 Å². The number of hydrogen-bond donors (Lipinski definition) is 1. The van der Waals surface area contributed by atoms with Crippen molar-refractivity contribution in [1.82, 2.24) is 4.98 Å². The maximum absolute atomic E-state index is 12.0. The number of aromatic nitrogens is 1. The number of nitrogens with zero attached hydrogens (tertiary/aromatic N) is 1. The number of anilines is 1. The van der Waals surface area contributed by atoms with Crippen LogP contribution in [0.1, 0.15) is 16.6 Å². The predicted molar refractivity (Wildman–Crippen MR) is 78.2 cm³/mol. The number of ether oxygens (including phenoxy) is 2. The Hall–Kier alpha value is -2.08. The quantitative estimate of drug-likeness (QED) is 0.859. The number of benzene rings is 1. The second-order valence-electron chi connectivity index (χ2n) is 4.13. The molecule has 1 aromatic carbocycles. The molecule has 0 fully saturated rings. The fraction of sp³-hybridized carbons (Fsp3) is 0.286. The van der Waals surface area contributed by atoms with Gasteiger partial charge in [-0.25, -0.2) is 9.78 Å². The van der Waals surface area contributed by atoms with Gasteiger partial charge in [0.15, 0.2) is 6.04 Å². The summed E-state index contributed by atoms with van der Waals surface area (Å²) >= 11 is 1.42. The van der Waals surface area contributed by atoms with Gasteiger partial charge in [-0.3, -0.25) is 0 Å². The number of methoxy groups -OCH3 is 2. The first-order chi connectivity index (χ1) is 9.65. The van der Waals surface area contributed by atoms with Gasteiger partial charge in [-0.05, 0) is 19.1 Å². The average molecular weight is 292 g/mol. The summed E-state index contributed by atoms with van der Waals surface area (Å²) in [5.41, 5.74) is 3.32. The molecule has 0 saturated heterocycles. The lowest BCUT2D eigenvalue weighted by Crippen LogP contribution is -2.22. The largest absolute Gasteiger partial charge is 0.497 e. The molecule has 1 aromatic heterocycles. The van der Waals surface area contributed by atoms with Crippen LogP contribution in [0.25, 0.3) is 0 Å². The number of thiazole rings is 1. The summed E-state index contributed by atoms with van der Waals surface area (Å²) in [6, 6.07) is 6.83. The van der Waals surface area contributed by atoms with Crippen LogP contribution < -0.4 is 10.1 Å². The van der Waals surface area contributed by atoms with Gasteiger partial charge in [-0.15, -0.1) is 11.3 Å². The molecule has 106 valence electrons. The molecule has 0 aliphatic rings. The van der Waals surface area contributed by atoms with Gasteiger partial charge >= 0.3 is 5.97 Å². The van der Waals surface area contributed by atoms with E-state index in [0.717, 1.165) is 22.0 Å². The zero-order valence-electron chi connectivity index (χ0n) is 11.5. The van der Waals surface area contributed by atoms with E-state index in [1.54, 1.807) is 12.6 Å². The van der Waals surface area contributed by atoms with E-state index in [9.17, 15) is 4.79 Å². The van der Waals surface area contributed by atoms with E-state index in [1.807, 2.05) is 31.2 Å². The first-order valence-electron chi connectivity index (χ1n) is 6.04. The van der Waals surface area contributed by atoms with E-state index < -0.39 is 6.04 Å². The van der Waals surface area contributed by atoms with Gasteiger partial charge < -0.3 is 14.8 Å². The Bertz CT molecular complexity index is 598. The molecule has 0 bridgehead atoms. The van der Waals surface area contributed by atoms with Gasteiger partial charge in [0.25, 0.3) is 0 Å². The number of rotatable bonds is 5. The highest BCUT2D eigenvalue weighted by atomic mass is 32.1. The Morgan fingerprint density at radius 1 is 1.40 bits per heavy atom. The molecule has 2 rings (SSSR count). The molecule has 2 aromatic rings. The molecule has 6 heteroatoms. The molecule has 0 aliphatic heterocycles. The van der Waals surface area contributed by atoms with Crippen LogP contribution in [0.2, 0.25) is 0 Å². The average Bonchev–Trinajstić information content (AvgIpc) is 2.90. The SMILES string of the molecule is COC(=O)C(Nc1cccc(OC)c1)c1scnc1C. The van der Waals surface area contributed by atoms with Crippen molar-refractivity contribution in [2.45, 2.75) is 13.0 Å². The molecule has 20 heavy (non-hydrogen) atoms. The predicted octanol–water partition coefficient (Wildman–Crippen LogP) is 2.79. The Labute approximate surface area is 121 Å². The van der Waals surface area contributed by atoms with Crippen molar-refractivity contribution >= 4 is 23.0 Å². The lowest BCUT2D eigenvalue weighted by atomic mass is 10.2. The van der Waals surface area contributed by atoms with Crippen LogP contribution in [0.3, 0.4) is 0 Å². The molecule has 1 unspecified atom stereocenters. The maximum atomic E-state index is 12.0. The Morgan fingerprint density at radius 2 is 2.20 bits per heavy atom. The highest BCUT2D eigenvalue weighted by Gasteiger charge is 2.25. The second kappa shape index (κ2) is 6.38. The Balaban J connectivity index is 2.28. The summed E-state index contributed by atoms with van der Waals surface area (Å²) in [6.07, 6.45) is 0. The van der Waals surface area contributed by atoms with Crippen molar-refractivity contribution in [3.8, 4) is 5.75 Å². The maximum Gasteiger partial charge on any atom is 0.333 e. The van der Waals surface area contributed by atoms with Crippen LogP contribution in [-0.2, 0) is 9.53 Å². The summed E-state index contributed by atoms with van der Waals surface area (Å²) in [5.74, 6) is 0.375. The lowest BCUT2D eigenvalue weighted by Gasteiger charge is -2.17. The summed E-state index contributed by atoms with van der Waals surface area (Å²) in [4.78, 5) is 17.0. The van der Waals surface area contributed by atoms with Crippen molar-refractivity contribution < 1.29 is 14.3 Å². The minimum atomic E-state index is -0.570. The van der Waals surface area contributed by atoms with Crippen LogP contribution in [-0.4, -0.2) is 25.2 Å². The molecule has 1 atom stereocenters. The summed E-state index contributed by atoms with van der Waals surface area (Å²) in [5, 5.41) is 3.16. The van der Waals surface area contributed by atoms with Gasteiger partial charge in [-0.1, -0.05) is 6.07 Å². The molecule has 0 aliphatic carbocycles. The van der Waals surface area contributed by atoms with Crippen LogP contribution >= 0.6 is 11.3 Å². The van der Waals surface area contributed by atoms with Gasteiger partial charge in [0.05, 0.1) is 30.3 Å². The number of hydrogen-bond acceptors (Lipinski definition) is 6. The molecule has 5 nitrogen and oxygen atoms in total. The van der Waals surface area contributed by atoms with Crippen molar-refractivity contribution in [2.24, 2.45) is 0 Å². The number of esters is 1. The summed E-state index contributed by atoms with van der Waals surface area (Å²) in [6.45, 7) is 1.87. The molecule has 0 saturated carbocycles. The van der Waals surface area contributed by atoms with Crippen molar-refractivity contribution in [3.05, 3.63) is 40.3 Å². The van der Waals surface area contributed by atoms with E-state index in [1.165, 1.54) is 18.4 Å². The van der Waals surface area contributed by atoms with Crippen LogP contribution in [0.15, 0.2) is 29.8 Å². The normalized spacial score (nSPS) is 11.8. The van der Waals surface area contributed by atoms with Crippen LogP contribution in [0, 0.1) is 6.92 Å². The Morgan fingerprint density at radius 3 is 2.80 bits per heavy atom. The standard InChI is InChI=1S/C14H16N2O3S/c1-9-13(20-8-15-9)12(14(17)19-3)16-10-5-4-6-11(7-10)18-2/h4-8,12,16H,1-3H3. The zero-order chi connectivity index (χ0) is 14.5. The summed E-state index contributed by atoms with van der Waals surface area (Å²) < 4.78 is 10.0. The minimum Gasteiger partial charge on any atom is -0.497 e. The van der Waals surface area contributed by atoms with E-state index >= 15 is 0 Å². The fourth-order valence-corrected chi connectivity index (χ4v) is 2.66.